The number of halogens is 1. The predicted molar refractivity (Wildman–Crippen MR) is 113 cm³/mol. The summed E-state index contributed by atoms with van der Waals surface area (Å²) in [6, 6.07) is 14.9. The van der Waals surface area contributed by atoms with E-state index in [1.165, 1.54) is 41.0 Å². The lowest BCUT2D eigenvalue weighted by Gasteiger charge is -2.15. The molecule has 29 heavy (non-hydrogen) atoms. The van der Waals surface area contributed by atoms with Crippen molar-refractivity contribution in [1.29, 1.82) is 0 Å². The van der Waals surface area contributed by atoms with E-state index >= 15 is 0 Å². The third-order valence-electron chi connectivity index (χ3n) is 4.19. The molecule has 0 aliphatic heterocycles. The van der Waals surface area contributed by atoms with Gasteiger partial charge in [-0.15, -0.1) is 0 Å². The van der Waals surface area contributed by atoms with E-state index in [4.69, 9.17) is 4.42 Å². The Hall–Kier alpha value is -3.52. The fourth-order valence-electron chi connectivity index (χ4n) is 2.67. The Morgan fingerprint density at radius 1 is 1.17 bits per heavy atom. The summed E-state index contributed by atoms with van der Waals surface area (Å²) in [5.41, 5.74) is 2.03. The SMILES string of the molecule is CN(C)c1ccc(C(=O)N(/N=C\c2ccco2)c2nc3ccc(F)cc3s2)cc1. The van der Waals surface area contributed by atoms with Gasteiger partial charge in [-0.1, -0.05) is 11.3 Å². The molecular formula is C21H17FN4O2S. The molecule has 0 unspecified atom stereocenters. The number of anilines is 2. The van der Waals surface area contributed by atoms with Gasteiger partial charge in [-0.05, 0) is 54.6 Å². The second-order valence-corrected chi connectivity index (χ2v) is 7.44. The number of hydrogen-bond acceptors (Lipinski definition) is 6. The summed E-state index contributed by atoms with van der Waals surface area (Å²) >= 11 is 1.19. The molecule has 0 spiro atoms. The molecule has 2 heterocycles. The molecule has 146 valence electrons. The summed E-state index contributed by atoms with van der Waals surface area (Å²) in [4.78, 5) is 19.6. The van der Waals surface area contributed by atoms with Crippen LogP contribution in [0, 0.1) is 5.82 Å². The number of fused-ring (bicyclic) bond motifs is 1. The molecule has 0 N–H and O–H groups in total. The Balaban J connectivity index is 1.73. The molecule has 0 bridgehead atoms. The van der Waals surface area contributed by atoms with Crippen LogP contribution in [0.5, 0.6) is 0 Å². The predicted octanol–water partition coefficient (Wildman–Crippen LogP) is 4.78. The van der Waals surface area contributed by atoms with E-state index in [-0.39, 0.29) is 11.7 Å². The third-order valence-corrected chi connectivity index (χ3v) is 5.18. The molecule has 6 nitrogen and oxygen atoms in total. The van der Waals surface area contributed by atoms with E-state index in [9.17, 15) is 9.18 Å². The van der Waals surface area contributed by atoms with E-state index < -0.39 is 0 Å². The highest BCUT2D eigenvalue weighted by molar-refractivity contribution is 7.22. The van der Waals surface area contributed by atoms with Crippen molar-refractivity contribution in [2.75, 3.05) is 24.0 Å². The van der Waals surface area contributed by atoms with Crippen molar-refractivity contribution in [2.24, 2.45) is 5.10 Å². The molecular weight excluding hydrogens is 391 g/mol. The number of furan rings is 1. The Labute approximate surface area is 170 Å². The molecule has 8 heteroatoms. The first-order chi connectivity index (χ1) is 14.0. The monoisotopic (exact) mass is 408 g/mol. The second-order valence-electron chi connectivity index (χ2n) is 6.43. The van der Waals surface area contributed by atoms with Gasteiger partial charge < -0.3 is 9.32 Å². The molecule has 0 radical (unpaired) electrons. The summed E-state index contributed by atoms with van der Waals surface area (Å²) in [5, 5.41) is 5.84. The van der Waals surface area contributed by atoms with Gasteiger partial charge in [0, 0.05) is 25.3 Å². The van der Waals surface area contributed by atoms with Crippen LogP contribution in [0.2, 0.25) is 0 Å². The minimum Gasteiger partial charge on any atom is -0.463 e. The molecule has 0 atom stereocenters. The van der Waals surface area contributed by atoms with Crippen LogP contribution in [0.25, 0.3) is 10.2 Å². The van der Waals surface area contributed by atoms with Crippen LogP contribution in [-0.2, 0) is 0 Å². The number of amides is 1. The minimum absolute atomic E-state index is 0.343. The summed E-state index contributed by atoms with van der Waals surface area (Å²) in [5.74, 6) is -0.209. The molecule has 1 amide bonds. The van der Waals surface area contributed by atoms with Gasteiger partial charge in [0.25, 0.3) is 5.91 Å². The summed E-state index contributed by atoms with van der Waals surface area (Å²) in [6.45, 7) is 0. The zero-order chi connectivity index (χ0) is 20.4. The van der Waals surface area contributed by atoms with Crippen molar-refractivity contribution < 1.29 is 13.6 Å². The third kappa shape index (κ3) is 4.02. The summed E-state index contributed by atoms with van der Waals surface area (Å²) in [6.07, 6.45) is 2.96. The molecule has 0 saturated heterocycles. The average molecular weight is 408 g/mol. The standard InChI is InChI=1S/C21H17FN4O2S/c1-25(2)16-8-5-14(6-9-16)20(27)26(23-13-17-4-3-11-28-17)21-24-18-10-7-15(22)12-19(18)29-21/h3-13H,1-2H3/b23-13-. The molecule has 0 saturated carbocycles. The minimum atomic E-state index is -0.357. The quantitative estimate of drug-likeness (QED) is 0.352. The molecule has 2 aromatic heterocycles. The first-order valence-corrected chi connectivity index (χ1v) is 9.58. The largest absolute Gasteiger partial charge is 0.463 e. The summed E-state index contributed by atoms with van der Waals surface area (Å²) in [7, 11) is 3.86. The van der Waals surface area contributed by atoms with Crippen molar-refractivity contribution in [3.05, 3.63) is 78.0 Å². The van der Waals surface area contributed by atoms with Gasteiger partial charge in [0.2, 0.25) is 5.13 Å². The number of benzene rings is 2. The lowest BCUT2D eigenvalue weighted by molar-refractivity contribution is 0.0988. The lowest BCUT2D eigenvalue weighted by Crippen LogP contribution is -2.25. The van der Waals surface area contributed by atoms with E-state index in [1.54, 1.807) is 30.3 Å². The van der Waals surface area contributed by atoms with Crippen LogP contribution in [0.3, 0.4) is 0 Å². The fourth-order valence-corrected chi connectivity index (χ4v) is 3.62. The highest BCUT2D eigenvalue weighted by Gasteiger charge is 2.21. The maximum absolute atomic E-state index is 13.6. The van der Waals surface area contributed by atoms with Crippen LogP contribution in [-0.4, -0.2) is 31.2 Å². The van der Waals surface area contributed by atoms with Crippen LogP contribution >= 0.6 is 11.3 Å². The number of hydrazone groups is 1. The Kier molecular flexibility index (Phi) is 5.09. The second kappa shape index (κ2) is 7.84. The van der Waals surface area contributed by atoms with Gasteiger partial charge in [-0.25, -0.2) is 9.37 Å². The van der Waals surface area contributed by atoms with Crippen LogP contribution < -0.4 is 9.91 Å². The molecule has 0 aliphatic rings. The van der Waals surface area contributed by atoms with E-state index in [2.05, 4.69) is 10.1 Å². The van der Waals surface area contributed by atoms with E-state index in [1.807, 2.05) is 31.1 Å². The fraction of sp³-hybridized carbons (Fsp3) is 0.0952. The molecule has 4 rings (SSSR count). The van der Waals surface area contributed by atoms with Crippen molar-refractivity contribution in [1.82, 2.24) is 4.98 Å². The number of carbonyl (C=O) groups excluding carboxylic acids is 1. The van der Waals surface area contributed by atoms with Gasteiger partial charge in [-0.3, -0.25) is 4.79 Å². The van der Waals surface area contributed by atoms with Gasteiger partial charge >= 0.3 is 0 Å². The van der Waals surface area contributed by atoms with Crippen molar-refractivity contribution >= 4 is 44.5 Å². The van der Waals surface area contributed by atoms with Gasteiger partial charge in [0.05, 0.1) is 22.7 Å². The maximum Gasteiger partial charge on any atom is 0.280 e. The Morgan fingerprint density at radius 2 is 1.97 bits per heavy atom. The highest BCUT2D eigenvalue weighted by atomic mass is 32.1. The first-order valence-electron chi connectivity index (χ1n) is 8.77. The Morgan fingerprint density at radius 3 is 2.66 bits per heavy atom. The molecule has 2 aromatic carbocycles. The molecule has 0 aliphatic carbocycles. The zero-order valence-electron chi connectivity index (χ0n) is 15.7. The summed E-state index contributed by atoms with van der Waals surface area (Å²) < 4.78 is 19.5. The number of rotatable bonds is 5. The van der Waals surface area contributed by atoms with Crippen LogP contribution in [0.15, 0.2) is 70.4 Å². The number of aromatic nitrogens is 1. The average Bonchev–Trinajstić information content (AvgIpc) is 3.37. The van der Waals surface area contributed by atoms with E-state index in [0.717, 1.165) is 5.69 Å². The molecule has 4 aromatic rings. The molecule has 0 fully saturated rings. The van der Waals surface area contributed by atoms with Crippen LogP contribution in [0.1, 0.15) is 16.1 Å². The lowest BCUT2D eigenvalue weighted by atomic mass is 10.2. The van der Waals surface area contributed by atoms with Gasteiger partial charge in [0.15, 0.2) is 0 Å². The number of nitrogens with zero attached hydrogens (tertiary/aromatic N) is 4. The highest BCUT2D eigenvalue weighted by Crippen LogP contribution is 2.30. The Bertz CT molecular complexity index is 1170. The van der Waals surface area contributed by atoms with Gasteiger partial charge in [0.1, 0.15) is 11.6 Å². The number of carbonyl (C=O) groups is 1. The topological polar surface area (TPSA) is 61.9 Å². The van der Waals surface area contributed by atoms with Crippen molar-refractivity contribution in [3.63, 3.8) is 0 Å². The van der Waals surface area contributed by atoms with Crippen molar-refractivity contribution in [3.8, 4) is 0 Å². The number of hydrogen-bond donors (Lipinski definition) is 0. The smallest absolute Gasteiger partial charge is 0.280 e. The van der Waals surface area contributed by atoms with Gasteiger partial charge in [-0.2, -0.15) is 10.1 Å². The maximum atomic E-state index is 13.6. The number of thiazole rings is 1. The van der Waals surface area contributed by atoms with Crippen molar-refractivity contribution in [2.45, 2.75) is 0 Å². The van der Waals surface area contributed by atoms with E-state index in [0.29, 0.717) is 26.7 Å². The normalized spacial score (nSPS) is 11.3. The zero-order valence-corrected chi connectivity index (χ0v) is 16.6. The first kappa shape index (κ1) is 18.8. The van der Waals surface area contributed by atoms with Crippen LogP contribution in [0.4, 0.5) is 15.2 Å².